The minimum Gasteiger partial charge on any atom is -0.396 e. The van der Waals surface area contributed by atoms with Crippen molar-refractivity contribution in [1.82, 2.24) is 4.98 Å². The van der Waals surface area contributed by atoms with Crippen LogP contribution in [0.3, 0.4) is 0 Å². The van der Waals surface area contributed by atoms with Crippen LogP contribution in [0.4, 0.5) is 5.69 Å². The van der Waals surface area contributed by atoms with Gasteiger partial charge < -0.3 is 5.73 Å². The van der Waals surface area contributed by atoms with Gasteiger partial charge in [-0.15, -0.1) is 0 Å². The molecule has 0 amide bonds. The van der Waals surface area contributed by atoms with Crippen molar-refractivity contribution < 1.29 is 0 Å². The Balaban J connectivity index is 3.08. The molecule has 3 nitrogen and oxygen atoms in total. The maximum Gasteiger partial charge on any atom is 0.152 e. The summed E-state index contributed by atoms with van der Waals surface area (Å²) in [5.41, 5.74) is 6.65. The number of nitrogen functional groups attached to an aromatic ring is 1. The van der Waals surface area contributed by atoms with Crippen LogP contribution in [-0.4, -0.2) is 4.98 Å². The number of aromatic nitrogens is 1. The molecule has 0 radical (unpaired) electrons. The Kier molecular flexibility index (Phi) is 2.29. The van der Waals surface area contributed by atoms with Crippen LogP contribution >= 0.6 is 11.6 Å². The Morgan fingerprint density at radius 2 is 2.45 bits per heavy atom. The van der Waals surface area contributed by atoms with Crippen molar-refractivity contribution >= 4 is 17.3 Å². The summed E-state index contributed by atoms with van der Waals surface area (Å²) in [6.45, 7) is 0. The first-order valence-corrected chi connectivity index (χ1v) is 3.39. The van der Waals surface area contributed by atoms with Crippen molar-refractivity contribution in [2.24, 2.45) is 0 Å². The molecule has 0 saturated heterocycles. The van der Waals surface area contributed by atoms with E-state index in [2.05, 4.69) is 4.98 Å². The van der Waals surface area contributed by atoms with Crippen LogP contribution in [0.15, 0.2) is 12.3 Å². The number of nitrogens with two attached hydrogens (primary N) is 1. The SMILES string of the molecule is N#CCc1ccnc(Cl)c1N. The summed E-state index contributed by atoms with van der Waals surface area (Å²) < 4.78 is 0. The average molecular weight is 168 g/mol. The van der Waals surface area contributed by atoms with Gasteiger partial charge in [-0.3, -0.25) is 0 Å². The molecule has 1 rings (SSSR count). The zero-order valence-corrected chi connectivity index (χ0v) is 6.47. The fraction of sp³-hybridized carbons (Fsp3) is 0.143. The molecule has 1 heterocycles. The normalized spacial score (nSPS) is 9.09. The topological polar surface area (TPSA) is 62.7 Å². The highest BCUT2D eigenvalue weighted by Gasteiger charge is 2.01. The summed E-state index contributed by atoms with van der Waals surface area (Å²) in [7, 11) is 0. The van der Waals surface area contributed by atoms with Crippen LogP contribution in [0, 0.1) is 11.3 Å². The van der Waals surface area contributed by atoms with Gasteiger partial charge in [0.25, 0.3) is 0 Å². The fourth-order valence-electron chi connectivity index (χ4n) is 0.724. The number of hydrogen-bond acceptors (Lipinski definition) is 3. The summed E-state index contributed by atoms with van der Waals surface area (Å²) in [5.74, 6) is 0. The lowest BCUT2D eigenvalue weighted by atomic mass is 10.2. The van der Waals surface area contributed by atoms with Crippen LogP contribution in [0.1, 0.15) is 5.56 Å². The third-order valence-electron chi connectivity index (χ3n) is 1.30. The Hall–Kier alpha value is -1.27. The summed E-state index contributed by atoms with van der Waals surface area (Å²) in [6, 6.07) is 3.67. The minimum atomic E-state index is 0.262. The molecule has 0 bridgehead atoms. The molecule has 2 N–H and O–H groups in total. The minimum absolute atomic E-state index is 0.262. The Bertz CT molecular complexity index is 303. The molecule has 0 atom stereocenters. The molecule has 0 aliphatic carbocycles. The summed E-state index contributed by atoms with van der Waals surface area (Å²) in [5, 5.41) is 8.63. The zero-order valence-electron chi connectivity index (χ0n) is 5.71. The van der Waals surface area contributed by atoms with E-state index >= 15 is 0 Å². The second kappa shape index (κ2) is 3.22. The molecule has 0 aliphatic heterocycles. The first-order chi connectivity index (χ1) is 5.25. The highest BCUT2D eigenvalue weighted by molar-refractivity contribution is 6.31. The molecule has 0 unspecified atom stereocenters. The molecule has 0 saturated carbocycles. The summed E-state index contributed by atoms with van der Waals surface area (Å²) in [4.78, 5) is 3.75. The molecule has 0 aromatic carbocycles. The first-order valence-electron chi connectivity index (χ1n) is 3.01. The van der Waals surface area contributed by atoms with E-state index in [-0.39, 0.29) is 11.6 Å². The molecular weight excluding hydrogens is 162 g/mol. The van der Waals surface area contributed by atoms with E-state index in [1.165, 1.54) is 6.20 Å². The lowest BCUT2D eigenvalue weighted by Crippen LogP contribution is -1.95. The largest absolute Gasteiger partial charge is 0.396 e. The van der Waals surface area contributed by atoms with Crippen LogP contribution < -0.4 is 5.73 Å². The van der Waals surface area contributed by atoms with E-state index in [1.807, 2.05) is 6.07 Å². The smallest absolute Gasteiger partial charge is 0.152 e. The number of nitriles is 1. The molecule has 4 heteroatoms. The van der Waals surface area contributed by atoms with Gasteiger partial charge in [-0.05, 0) is 11.6 Å². The number of pyridine rings is 1. The van der Waals surface area contributed by atoms with Crippen molar-refractivity contribution in [2.45, 2.75) is 6.42 Å². The second-order valence-electron chi connectivity index (χ2n) is 2.01. The molecule has 11 heavy (non-hydrogen) atoms. The number of nitrogens with zero attached hydrogens (tertiary/aromatic N) is 2. The van der Waals surface area contributed by atoms with Crippen molar-refractivity contribution in [1.29, 1.82) is 5.26 Å². The van der Waals surface area contributed by atoms with Gasteiger partial charge in [0.15, 0.2) is 5.15 Å². The molecule has 0 aliphatic rings. The van der Waals surface area contributed by atoms with Gasteiger partial charge in [-0.25, -0.2) is 4.98 Å². The van der Waals surface area contributed by atoms with E-state index in [1.54, 1.807) is 6.07 Å². The van der Waals surface area contributed by atoms with Crippen LogP contribution in [0.5, 0.6) is 0 Å². The number of halogens is 1. The summed E-state index contributed by atoms with van der Waals surface area (Å²) >= 11 is 5.60. The lowest BCUT2D eigenvalue weighted by molar-refractivity contribution is 1.22. The Labute approximate surface area is 69.4 Å². The van der Waals surface area contributed by atoms with Gasteiger partial charge >= 0.3 is 0 Å². The highest BCUT2D eigenvalue weighted by atomic mass is 35.5. The summed E-state index contributed by atoms with van der Waals surface area (Å²) in [6.07, 6.45) is 1.80. The van der Waals surface area contributed by atoms with Crippen LogP contribution in [0.25, 0.3) is 0 Å². The van der Waals surface area contributed by atoms with E-state index < -0.39 is 0 Å². The maximum atomic E-state index is 8.37. The highest BCUT2D eigenvalue weighted by Crippen LogP contribution is 2.19. The van der Waals surface area contributed by atoms with Gasteiger partial charge in [0, 0.05) is 6.20 Å². The van der Waals surface area contributed by atoms with Gasteiger partial charge in [-0.2, -0.15) is 5.26 Å². The van der Waals surface area contributed by atoms with Crippen molar-refractivity contribution in [3.8, 4) is 6.07 Å². The van der Waals surface area contributed by atoms with Gasteiger partial charge in [0.2, 0.25) is 0 Å². The quantitative estimate of drug-likeness (QED) is 0.643. The van der Waals surface area contributed by atoms with Crippen molar-refractivity contribution in [2.75, 3.05) is 5.73 Å². The first kappa shape index (κ1) is 7.83. The average Bonchev–Trinajstić information content (AvgIpc) is 1.99. The molecule has 1 aromatic heterocycles. The van der Waals surface area contributed by atoms with E-state index in [0.717, 1.165) is 5.56 Å². The predicted octanol–water partition coefficient (Wildman–Crippen LogP) is 1.38. The standard InChI is InChI=1S/C7H6ClN3/c8-7-6(10)5(1-3-9)2-4-11-7/h2,4H,1,10H2. The molecular formula is C7H6ClN3. The second-order valence-corrected chi connectivity index (χ2v) is 2.37. The van der Waals surface area contributed by atoms with E-state index in [4.69, 9.17) is 22.6 Å². The fourth-order valence-corrected chi connectivity index (χ4v) is 0.902. The van der Waals surface area contributed by atoms with Crippen molar-refractivity contribution in [3.63, 3.8) is 0 Å². The molecule has 0 spiro atoms. The van der Waals surface area contributed by atoms with Gasteiger partial charge in [-0.1, -0.05) is 11.6 Å². The third kappa shape index (κ3) is 1.60. The van der Waals surface area contributed by atoms with Crippen LogP contribution in [0.2, 0.25) is 5.15 Å². The van der Waals surface area contributed by atoms with Crippen molar-refractivity contribution in [3.05, 3.63) is 23.0 Å². The molecule has 56 valence electrons. The monoisotopic (exact) mass is 167 g/mol. The molecule has 0 fully saturated rings. The van der Waals surface area contributed by atoms with E-state index in [9.17, 15) is 0 Å². The number of hydrogen-bond donors (Lipinski definition) is 1. The van der Waals surface area contributed by atoms with Crippen LogP contribution in [-0.2, 0) is 6.42 Å². The van der Waals surface area contributed by atoms with Gasteiger partial charge in [0.05, 0.1) is 18.2 Å². The molecule has 1 aromatic rings. The Morgan fingerprint density at radius 3 is 3.09 bits per heavy atom. The maximum absolute atomic E-state index is 8.37. The lowest BCUT2D eigenvalue weighted by Gasteiger charge is -2.00. The van der Waals surface area contributed by atoms with Gasteiger partial charge in [0.1, 0.15) is 0 Å². The zero-order chi connectivity index (χ0) is 8.27. The van der Waals surface area contributed by atoms with E-state index in [0.29, 0.717) is 5.69 Å². The predicted molar refractivity (Wildman–Crippen MR) is 43.0 cm³/mol. The Morgan fingerprint density at radius 1 is 1.73 bits per heavy atom. The third-order valence-corrected chi connectivity index (χ3v) is 1.60. The number of anilines is 1. The number of rotatable bonds is 1.